The van der Waals surface area contributed by atoms with Crippen molar-refractivity contribution in [3.8, 4) is 5.75 Å². The van der Waals surface area contributed by atoms with Crippen LogP contribution in [0.5, 0.6) is 5.75 Å². The van der Waals surface area contributed by atoms with Crippen LogP contribution in [-0.4, -0.2) is 17.7 Å². The van der Waals surface area contributed by atoms with Gasteiger partial charge in [-0.15, -0.1) is 0 Å². The average Bonchev–Trinajstić information content (AvgIpc) is 3.01. The highest BCUT2D eigenvalue weighted by molar-refractivity contribution is 5.91. The molecule has 0 spiro atoms. The van der Waals surface area contributed by atoms with Gasteiger partial charge in [-0.2, -0.15) is 0 Å². The van der Waals surface area contributed by atoms with E-state index in [0.717, 1.165) is 12.5 Å². The van der Waals surface area contributed by atoms with Crippen molar-refractivity contribution in [3.63, 3.8) is 0 Å². The Morgan fingerprint density at radius 1 is 1.50 bits per heavy atom. The van der Waals surface area contributed by atoms with E-state index in [1.165, 1.54) is 25.0 Å². The molecular weight excluding hydrogens is 211 g/mol. The van der Waals surface area contributed by atoms with Crippen LogP contribution < -0.4 is 4.74 Å². The number of halogens is 1. The lowest BCUT2D eigenvalue weighted by molar-refractivity contribution is 0.0686. The van der Waals surface area contributed by atoms with Crippen molar-refractivity contribution in [2.45, 2.75) is 19.3 Å². The Hall–Kier alpha value is -1.58. The average molecular weight is 224 g/mol. The Labute approximate surface area is 92.9 Å². The summed E-state index contributed by atoms with van der Waals surface area (Å²) in [5, 5.41) is 8.85. The van der Waals surface area contributed by atoms with Crippen molar-refractivity contribution in [1.82, 2.24) is 0 Å². The number of ether oxygens (including phenoxy) is 1. The predicted molar refractivity (Wildman–Crippen MR) is 56.2 cm³/mol. The number of rotatable bonds is 5. The first kappa shape index (κ1) is 10.9. The standard InChI is InChI=1S/C12H13FO3/c13-9-2-1-3-10(11(9)12(14)15)16-7-6-8-4-5-8/h1-3,8H,4-7H2,(H,14,15). The molecule has 1 aromatic rings. The Morgan fingerprint density at radius 2 is 2.25 bits per heavy atom. The molecule has 1 N–H and O–H groups in total. The van der Waals surface area contributed by atoms with Gasteiger partial charge >= 0.3 is 5.97 Å². The smallest absolute Gasteiger partial charge is 0.342 e. The molecule has 0 unspecified atom stereocenters. The highest BCUT2D eigenvalue weighted by Crippen LogP contribution is 2.32. The molecule has 1 aromatic carbocycles. The molecule has 1 aliphatic carbocycles. The number of hydrogen-bond donors (Lipinski definition) is 1. The zero-order chi connectivity index (χ0) is 11.5. The number of carbonyl (C=O) groups is 1. The summed E-state index contributed by atoms with van der Waals surface area (Å²) in [4.78, 5) is 10.8. The third-order valence-corrected chi connectivity index (χ3v) is 2.67. The Morgan fingerprint density at radius 3 is 2.88 bits per heavy atom. The van der Waals surface area contributed by atoms with Crippen LogP contribution in [0.4, 0.5) is 4.39 Å². The molecule has 0 atom stereocenters. The first-order valence-corrected chi connectivity index (χ1v) is 5.33. The number of carboxylic acid groups (broad SMARTS) is 1. The Balaban J connectivity index is 2.05. The van der Waals surface area contributed by atoms with Crippen LogP contribution in [0, 0.1) is 11.7 Å². The number of carboxylic acids is 1. The second-order valence-electron chi connectivity index (χ2n) is 4.00. The molecule has 2 rings (SSSR count). The lowest BCUT2D eigenvalue weighted by Crippen LogP contribution is -2.07. The molecule has 0 radical (unpaired) electrons. The van der Waals surface area contributed by atoms with E-state index >= 15 is 0 Å². The second kappa shape index (κ2) is 4.51. The summed E-state index contributed by atoms with van der Waals surface area (Å²) in [6, 6.07) is 4.06. The van der Waals surface area contributed by atoms with Crippen LogP contribution in [0.2, 0.25) is 0 Å². The van der Waals surface area contributed by atoms with Gasteiger partial charge in [-0.1, -0.05) is 18.9 Å². The molecule has 1 saturated carbocycles. The topological polar surface area (TPSA) is 46.5 Å². The molecule has 0 aromatic heterocycles. The van der Waals surface area contributed by atoms with Crippen molar-refractivity contribution < 1.29 is 19.0 Å². The van der Waals surface area contributed by atoms with E-state index in [4.69, 9.17) is 9.84 Å². The predicted octanol–water partition coefficient (Wildman–Crippen LogP) is 2.70. The van der Waals surface area contributed by atoms with Crippen molar-refractivity contribution in [3.05, 3.63) is 29.6 Å². The van der Waals surface area contributed by atoms with E-state index in [2.05, 4.69) is 0 Å². The molecule has 0 bridgehead atoms. The summed E-state index contributed by atoms with van der Waals surface area (Å²) in [6.07, 6.45) is 3.35. The molecule has 4 heteroatoms. The maximum atomic E-state index is 13.2. The molecule has 86 valence electrons. The zero-order valence-corrected chi connectivity index (χ0v) is 8.78. The molecule has 0 aliphatic heterocycles. The molecule has 0 saturated heterocycles. The number of benzene rings is 1. The minimum Gasteiger partial charge on any atom is -0.493 e. The van der Waals surface area contributed by atoms with Crippen molar-refractivity contribution in [2.24, 2.45) is 5.92 Å². The van der Waals surface area contributed by atoms with Crippen LogP contribution >= 0.6 is 0 Å². The minimum absolute atomic E-state index is 0.119. The van der Waals surface area contributed by atoms with Crippen molar-refractivity contribution in [1.29, 1.82) is 0 Å². The highest BCUT2D eigenvalue weighted by atomic mass is 19.1. The van der Waals surface area contributed by atoms with Crippen LogP contribution in [-0.2, 0) is 0 Å². The molecule has 1 fully saturated rings. The van der Waals surface area contributed by atoms with Gasteiger partial charge in [-0.05, 0) is 24.5 Å². The fraction of sp³-hybridized carbons (Fsp3) is 0.417. The van der Waals surface area contributed by atoms with E-state index in [1.54, 1.807) is 0 Å². The molecule has 1 aliphatic rings. The van der Waals surface area contributed by atoms with Crippen LogP contribution in [0.3, 0.4) is 0 Å². The van der Waals surface area contributed by atoms with Crippen LogP contribution in [0.1, 0.15) is 29.6 Å². The normalized spacial score (nSPS) is 14.8. The van der Waals surface area contributed by atoms with Gasteiger partial charge in [0.05, 0.1) is 6.61 Å². The maximum Gasteiger partial charge on any atom is 0.342 e. The molecule has 3 nitrogen and oxygen atoms in total. The summed E-state index contributed by atoms with van der Waals surface area (Å²) in [7, 11) is 0. The maximum absolute atomic E-state index is 13.2. The summed E-state index contributed by atoms with van der Waals surface area (Å²) < 4.78 is 18.5. The van der Waals surface area contributed by atoms with Crippen LogP contribution in [0.25, 0.3) is 0 Å². The molecular formula is C12H13FO3. The first-order chi connectivity index (χ1) is 7.68. The van der Waals surface area contributed by atoms with E-state index in [-0.39, 0.29) is 11.3 Å². The second-order valence-corrected chi connectivity index (χ2v) is 4.00. The zero-order valence-electron chi connectivity index (χ0n) is 8.78. The van der Waals surface area contributed by atoms with Gasteiger partial charge in [-0.3, -0.25) is 0 Å². The third kappa shape index (κ3) is 2.51. The van der Waals surface area contributed by atoms with E-state index in [9.17, 15) is 9.18 Å². The van der Waals surface area contributed by atoms with Gasteiger partial charge in [-0.25, -0.2) is 9.18 Å². The number of hydrogen-bond acceptors (Lipinski definition) is 2. The summed E-state index contributed by atoms with van der Waals surface area (Å²) >= 11 is 0. The Bertz CT molecular complexity index is 399. The van der Waals surface area contributed by atoms with Crippen molar-refractivity contribution in [2.75, 3.05) is 6.61 Å². The monoisotopic (exact) mass is 224 g/mol. The van der Waals surface area contributed by atoms with E-state index < -0.39 is 11.8 Å². The van der Waals surface area contributed by atoms with Gasteiger partial charge in [0.25, 0.3) is 0 Å². The fourth-order valence-corrected chi connectivity index (χ4v) is 1.57. The van der Waals surface area contributed by atoms with Gasteiger partial charge < -0.3 is 9.84 Å². The van der Waals surface area contributed by atoms with Gasteiger partial charge in [0, 0.05) is 0 Å². The van der Waals surface area contributed by atoms with Gasteiger partial charge in [0.1, 0.15) is 17.1 Å². The van der Waals surface area contributed by atoms with Gasteiger partial charge in [0.15, 0.2) is 0 Å². The SMILES string of the molecule is O=C(O)c1c(F)cccc1OCCC1CC1. The van der Waals surface area contributed by atoms with E-state index in [1.807, 2.05) is 0 Å². The summed E-state index contributed by atoms with van der Waals surface area (Å²) in [6.45, 7) is 0.453. The molecule has 0 amide bonds. The third-order valence-electron chi connectivity index (χ3n) is 2.67. The Kier molecular flexibility index (Phi) is 3.08. The number of aromatic carboxylic acids is 1. The first-order valence-electron chi connectivity index (χ1n) is 5.33. The van der Waals surface area contributed by atoms with Gasteiger partial charge in [0.2, 0.25) is 0 Å². The lowest BCUT2D eigenvalue weighted by Gasteiger charge is -2.09. The van der Waals surface area contributed by atoms with Crippen LogP contribution in [0.15, 0.2) is 18.2 Å². The lowest BCUT2D eigenvalue weighted by atomic mass is 10.2. The quantitative estimate of drug-likeness (QED) is 0.836. The molecule has 16 heavy (non-hydrogen) atoms. The fourth-order valence-electron chi connectivity index (χ4n) is 1.57. The molecule has 0 heterocycles. The summed E-state index contributed by atoms with van der Waals surface area (Å²) in [5.41, 5.74) is -0.377. The highest BCUT2D eigenvalue weighted by Gasteiger charge is 2.22. The van der Waals surface area contributed by atoms with Crippen molar-refractivity contribution >= 4 is 5.97 Å². The largest absolute Gasteiger partial charge is 0.493 e. The minimum atomic E-state index is -1.29. The van der Waals surface area contributed by atoms with E-state index in [0.29, 0.717) is 12.5 Å². The summed E-state index contributed by atoms with van der Waals surface area (Å²) in [5.74, 6) is -1.22.